The van der Waals surface area contributed by atoms with E-state index in [1.165, 1.54) is 12.1 Å². The molecule has 0 saturated carbocycles. The summed E-state index contributed by atoms with van der Waals surface area (Å²) in [6.45, 7) is 5.01. The average molecular weight is 351 g/mol. The molecule has 1 amide bonds. The second-order valence-electron chi connectivity index (χ2n) is 5.71. The van der Waals surface area contributed by atoms with Crippen LogP contribution in [0, 0.1) is 0 Å². The normalized spacial score (nSPS) is 17.1. The van der Waals surface area contributed by atoms with E-state index < -0.39 is 11.7 Å². The summed E-state index contributed by atoms with van der Waals surface area (Å²) in [5.41, 5.74) is 0.0997. The van der Waals surface area contributed by atoms with Crippen LogP contribution in [0.3, 0.4) is 0 Å². The molecular weight excluding hydrogens is 329 g/mol. The van der Waals surface area contributed by atoms with Crippen molar-refractivity contribution in [1.29, 1.82) is 0 Å². The molecule has 3 nitrogen and oxygen atoms in total. The zero-order valence-electron chi connectivity index (χ0n) is 13.0. The van der Waals surface area contributed by atoms with Crippen LogP contribution < -0.4 is 5.32 Å². The average Bonchev–Trinajstić information content (AvgIpc) is 2.75. The van der Waals surface area contributed by atoms with Crippen molar-refractivity contribution in [3.05, 3.63) is 35.4 Å². The summed E-state index contributed by atoms with van der Waals surface area (Å²) in [7, 11) is 0. The van der Waals surface area contributed by atoms with Gasteiger partial charge in [0.1, 0.15) is 0 Å². The summed E-state index contributed by atoms with van der Waals surface area (Å²) in [5, 5.41) is 3.24. The zero-order valence-corrected chi connectivity index (χ0v) is 13.8. The van der Waals surface area contributed by atoms with Crippen molar-refractivity contribution in [3.8, 4) is 0 Å². The molecule has 2 rings (SSSR count). The lowest BCUT2D eigenvalue weighted by atomic mass is 9.96. The maximum Gasteiger partial charge on any atom is 0.416 e. The molecule has 23 heavy (non-hydrogen) atoms. The number of benzene rings is 1. The maximum absolute atomic E-state index is 12.5. The first-order valence-electron chi connectivity index (χ1n) is 7.53. The van der Waals surface area contributed by atoms with Crippen LogP contribution in [0.15, 0.2) is 24.3 Å². The number of halogens is 4. The largest absolute Gasteiger partial charge is 0.416 e. The Morgan fingerprint density at radius 2 is 1.87 bits per heavy atom. The summed E-state index contributed by atoms with van der Waals surface area (Å²) >= 11 is 0. The van der Waals surface area contributed by atoms with Gasteiger partial charge in [-0.1, -0.05) is 19.1 Å². The second kappa shape index (κ2) is 8.55. The third-order valence-electron chi connectivity index (χ3n) is 3.98. The van der Waals surface area contributed by atoms with Crippen LogP contribution in [0.2, 0.25) is 0 Å². The van der Waals surface area contributed by atoms with E-state index in [-0.39, 0.29) is 24.2 Å². The topological polar surface area (TPSA) is 32.3 Å². The van der Waals surface area contributed by atoms with Crippen LogP contribution in [0.5, 0.6) is 0 Å². The quantitative estimate of drug-likeness (QED) is 0.905. The molecule has 1 unspecified atom stereocenters. The van der Waals surface area contributed by atoms with E-state index in [2.05, 4.69) is 5.32 Å². The molecule has 0 aromatic heterocycles. The van der Waals surface area contributed by atoms with Gasteiger partial charge in [0.25, 0.3) is 0 Å². The van der Waals surface area contributed by atoms with Crippen molar-refractivity contribution in [2.45, 2.75) is 31.9 Å². The summed E-state index contributed by atoms with van der Waals surface area (Å²) in [6, 6.07) is 5.08. The monoisotopic (exact) mass is 350 g/mol. The van der Waals surface area contributed by atoms with Crippen molar-refractivity contribution < 1.29 is 18.0 Å². The van der Waals surface area contributed by atoms with Crippen LogP contribution >= 0.6 is 12.4 Å². The molecule has 1 atom stereocenters. The van der Waals surface area contributed by atoms with E-state index in [1.807, 2.05) is 11.8 Å². The van der Waals surface area contributed by atoms with E-state index in [4.69, 9.17) is 0 Å². The van der Waals surface area contributed by atoms with Gasteiger partial charge in [0.2, 0.25) is 5.91 Å². The van der Waals surface area contributed by atoms with Gasteiger partial charge in [0, 0.05) is 26.1 Å². The standard InChI is InChI=1S/C16H21F3N2O.ClH/c1-12(11-15(22)21-9-2-7-20-8-10-21)13-3-5-14(6-4-13)16(17,18)19;/h3-6,12,20H,2,7-11H2,1H3;1H. The van der Waals surface area contributed by atoms with Gasteiger partial charge in [-0.25, -0.2) is 0 Å². The fraction of sp³-hybridized carbons (Fsp3) is 0.562. The third kappa shape index (κ3) is 5.70. The van der Waals surface area contributed by atoms with E-state index in [9.17, 15) is 18.0 Å². The molecule has 0 spiro atoms. The Morgan fingerprint density at radius 3 is 2.48 bits per heavy atom. The number of carbonyl (C=O) groups is 1. The van der Waals surface area contributed by atoms with E-state index >= 15 is 0 Å². The van der Waals surface area contributed by atoms with E-state index in [0.29, 0.717) is 13.0 Å². The van der Waals surface area contributed by atoms with Crippen molar-refractivity contribution in [3.63, 3.8) is 0 Å². The van der Waals surface area contributed by atoms with Crippen LogP contribution in [-0.2, 0) is 11.0 Å². The SMILES string of the molecule is CC(CC(=O)N1CCCNCC1)c1ccc(C(F)(F)F)cc1.Cl. The number of hydrogen-bond donors (Lipinski definition) is 1. The third-order valence-corrected chi connectivity index (χ3v) is 3.98. The van der Waals surface area contributed by atoms with Crippen molar-refractivity contribution in [2.75, 3.05) is 26.2 Å². The molecule has 7 heteroatoms. The minimum atomic E-state index is -4.32. The molecule has 0 aliphatic carbocycles. The Morgan fingerprint density at radius 1 is 1.22 bits per heavy atom. The minimum absolute atomic E-state index is 0. The molecule has 1 aliphatic heterocycles. The number of nitrogens with zero attached hydrogens (tertiary/aromatic N) is 1. The highest BCUT2D eigenvalue weighted by Crippen LogP contribution is 2.30. The van der Waals surface area contributed by atoms with E-state index in [0.717, 1.165) is 43.8 Å². The van der Waals surface area contributed by atoms with Gasteiger partial charge >= 0.3 is 6.18 Å². The number of rotatable bonds is 3. The Labute approximate surface area is 140 Å². The summed E-state index contributed by atoms with van der Waals surface area (Å²) in [4.78, 5) is 14.1. The Bertz CT molecular complexity index is 497. The highest BCUT2D eigenvalue weighted by Gasteiger charge is 2.30. The molecular formula is C16H22ClF3N2O. The summed E-state index contributed by atoms with van der Waals surface area (Å²) in [6.07, 6.45) is -3.07. The van der Waals surface area contributed by atoms with Gasteiger partial charge in [0.05, 0.1) is 5.56 Å². The number of nitrogens with one attached hydrogen (secondary N) is 1. The van der Waals surface area contributed by atoms with Gasteiger partial charge in [-0.2, -0.15) is 13.2 Å². The van der Waals surface area contributed by atoms with Crippen LogP contribution in [0.4, 0.5) is 13.2 Å². The molecule has 1 saturated heterocycles. The molecule has 1 heterocycles. The summed E-state index contributed by atoms with van der Waals surface area (Å²) in [5.74, 6) is -0.0258. The lowest BCUT2D eigenvalue weighted by molar-refractivity contribution is -0.137. The molecule has 1 fully saturated rings. The molecule has 130 valence electrons. The fourth-order valence-electron chi connectivity index (χ4n) is 2.60. The van der Waals surface area contributed by atoms with E-state index in [1.54, 1.807) is 0 Å². The van der Waals surface area contributed by atoms with Crippen molar-refractivity contribution in [2.24, 2.45) is 0 Å². The Hall–Kier alpha value is -1.27. The molecule has 0 radical (unpaired) electrons. The van der Waals surface area contributed by atoms with Gasteiger partial charge in [-0.3, -0.25) is 4.79 Å². The van der Waals surface area contributed by atoms with Crippen molar-refractivity contribution >= 4 is 18.3 Å². The Balaban J connectivity index is 0.00000264. The highest BCUT2D eigenvalue weighted by molar-refractivity contribution is 5.85. The first-order chi connectivity index (χ1) is 10.4. The zero-order chi connectivity index (χ0) is 16.2. The predicted molar refractivity (Wildman–Crippen MR) is 85.8 cm³/mol. The van der Waals surface area contributed by atoms with Crippen LogP contribution in [0.1, 0.15) is 36.8 Å². The second-order valence-corrected chi connectivity index (χ2v) is 5.71. The first-order valence-corrected chi connectivity index (χ1v) is 7.53. The molecule has 1 aromatic rings. The van der Waals surface area contributed by atoms with Crippen molar-refractivity contribution in [1.82, 2.24) is 10.2 Å². The number of carbonyl (C=O) groups excluding carboxylic acids is 1. The smallest absolute Gasteiger partial charge is 0.341 e. The maximum atomic E-state index is 12.5. The lowest BCUT2D eigenvalue weighted by Gasteiger charge is -2.22. The van der Waals surface area contributed by atoms with Crippen LogP contribution in [-0.4, -0.2) is 37.0 Å². The molecule has 1 aliphatic rings. The molecule has 1 N–H and O–H groups in total. The molecule has 0 bridgehead atoms. The summed E-state index contributed by atoms with van der Waals surface area (Å²) < 4.78 is 37.6. The van der Waals surface area contributed by atoms with Gasteiger partial charge in [0.15, 0.2) is 0 Å². The number of hydrogen-bond acceptors (Lipinski definition) is 2. The lowest BCUT2D eigenvalue weighted by Crippen LogP contribution is -2.34. The van der Waals surface area contributed by atoms with Crippen LogP contribution in [0.25, 0.3) is 0 Å². The van der Waals surface area contributed by atoms with Gasteiger partial charge in [-0.05, 0) is 36.6 Å². The minimum Gasteiger partial charge on any atom is -0.341 e. The Kier molecular flexibility index (Phi) is 7.35. The number of alkyl halides is 3. The predicted octanol–water partition coefficient (Wildman–Crippen LogP) is 3.44. The fourth-order valence-corrected chi connectivity index (χ4v) is 2.60. The molecule has 1 aromatic carbocycles. The first kappa shape index (κ1) is 19.8. The van der Waals surface area contributed by atoms with Gasteiger partial charge in [-0.15, -0.1) is 12.4 Å². The highest BCUT2D eigenvalue weighted by atomic mass is 35.5. The number of amides is 1. The van der Waals surface area contributed by atoms with Gasteiger partial charge < -0.3 is 10.2 Å².